The molecule has 1 N–H and O–H groups in total. The second kappa shape index (κ2) is 5.42. The van der Waals surface area contributed by atoms with Gasteiger partial charge in [-0.2, -0.15) is 0 Å². The fourth-order valence-electron chi connectivity index (χ4n) is 1.78. The van der Waals surface area contributed by atoms with Crippen LogP contribution < -0.4 is 0 Å². The summed E-state index contributed by atoms with van der Waals surface area (Å²) in [6, 6.07) is 5.92. The molecule has 106 valence electrons. The van der Waals surface area contributed by atoms with Crippen molar-refractivity contribution < 1.29 is 18.7 Å². The van der Waals surface area contributed by atoms with Crippen molar-refractivity contribution in [3.63, 3.8) is 0 Å². The van der Waals surface area contributed by atoms with Crippen LogP contribution in [0, 0.1) is 5.82 Å². The lowest BCUT2D eigenvalue weighted by Crippen LogP contribution is -1.91. The van der Waals surface area contributed by atoms with Crippen molar-refractivity contribution in [1.82, 2.24) is 4.98 Å². The van der Waals surface area contributed by atoms with Crippen molar-refractivity contribution in [3.05, 3.63) is 51.8 Å². The molecule has 4 nitrogen and oxygen atoms in total. The molecule has 7 heteroatoms. The molecular formula is C14H7BrFNO3S. The molecule has 0 saturated carbocycles. The number of aromatic nitrogens is 1. The molecule has 0 unspecified atom stereocenters. The quantitative estimate of drug-likeness (QED) is 0.730. The third-order valence-corrected chi connectivity index (χ3v) is 4.06. The molecule has 0 aliphatic heterocycles. The number of thiazole rings is 1. The Bertz CT molecular complexity index is 807. The molecule has 0 spiro atoms. The summed E-state index contributed by atoms with van der Waals surface area (Å²) >= 11 is 4.56. The Hall–Kier alpha value is -1.99. The Labute approximate surface area is 131 Å². The van der Waals surface area contributed by atoms with Gasteiger partial charge in [0, 0.05) is 21.5 Å². The number of carboxylic acids is 1. The third-order valence-electron chi connectivity index (χ3n) is 2.71. The van der Waals surface area contributed by atoms with Crippen molar-refractivity contribution in [2.75, 3.05) is 0 Å². The lowest BCUT2D eigenvalue weighted by molar-refractivity contribution is 0.0696. The highest BCUT2D eigenvalue weighted by molar-refractivity contribution is 9.10. The molecular weight excluding hydrogens is 361 g/mol. The van der Waals surface area contributed by atoms with Crippen LogP contribution >= 0.6 is 27.3 Å². The highest BCUT2D eigenvalue weighted by atomic mass is 79.9. The summed E-state index contributed by atoms with van der Waals surface area (Å²) in [6.07, 6.45) is 1.16. The van der Waals surface area contributed by atoms with E-state index in [1.54, 1.807) is 11.4 Å². The smallest absolute Gasteiger partial charge is 0.338 e. The number of carboxylic acid groups (broad SMARTS) is 1. The first-order valence-corrected chi connectivity index (χ1v) is 7.44. The van der Waals surface area contributed by atoms with Crippen LogP contribution in [0.1, 0.15) is 10.4 Å². The van der Waals surface area contributed by atoms with Crippen LogP contribution in [0.3, 0.4) is 0 Å². The molecule has 0 atom stereocenters. The van der Waals surface area contributed by atoms with E-state index in [0.29, 0.717) is 26.5 Å². The molecule has 0 saturated heterocycles. The van der Waals surface area contributed by atoms with Crippen molar-refractivity contribution >= 4 is 33.2 Å². The Morgan fingerprint density at radius 3 is 2.81 bits per heavy atom. The van der Waals surface area contributed by atoms with Gasteiger partial charge >= 0.3 is 5.97 Å². The van der Waals surface area contributed by atoms with Gasteiger partial charge in [0.05, 0.1) is 5.56 Å². The summed E-state index contributed by atoms with van der Waals surface area (Å²) in [7, 11) is 0. The highest BCUT2D eigenvalue weighted by Gasteiger charge is 2.14. The highest BCUT2D eigenvalue weighted by Crippen LogP contribution is 2.31. The number of hydrogen-bond donors (Lipinski definition) is 1. The van der Waals surface area contributed by atoms with Crippen LogP contribution in [-0.4, -0.2) is 16.1 Å². The van der Waals surface area contributed by atoms with E-state index in [-0.39, 0.29) is 11.4 Å². The average molecular weight is 368 g/mol. The molecule has 1 aromatic carbocycles. The zero-order valence-corrected chi connectivity index (χ0v) is 12.7. The minimum atomic E-state index is -1.06. The van der Waals surface area contributed by atoms with Crippen LogP contribution in [0.5, 0.6) is 0 Å². The summed E-state index contributed by atoms with van der Waals surface area (Å²) in [5.41, 5.74) is 1.22. The second-order valence-corrected chi connectivity index (χ2v) is 5.97. The Balaban J connectivity index is 1.97. The van der Waals surface area contributed by atoms with Gasteiger partial charge in [0.1, 0.15) is 22.8 Å². The van der Waals surface area contributed by atoms with Gasteiger partial charge in [-0.1, -0.05) is 15.9 Å². The van der Waals surface area contributed by atoms with Crippen molar-refractivity contribution in [2.45, 2.75) is 0 Å². The van der Waals surface area contributed by atoms with Crippen molar-refractivity contribution in [3.8, 4) is 22.0 Å². The molecule has 3 aromatic rings. The number of rotatable bonds is 3. The van der Waals surface area contributed by atoms with Crippen LogP contribution in [0.15, 0.2) is 44.8 Å². The summed E-state index contributed by atoms with van der Waals surface area (Å²) in [5, 5.41) is 11.2. The number of furan rings is 1. The van der Waals surface area contributed by atoms with E-state index in [0.717, 1.165) is 6.26 Å². The number of hydrogen-bond acceptors (Lipinski definition) is 4. The number of nitrogens with zero attached hydrogens (tertiary/aromatic N) is 1. The SMILES string of the molecule is O=C(O)c1coc(-c2csc(-c3cc(F)cc(Br)c3)n2)c1. The summed E-state index contributed by atoms with van der Waals surface area (Å²) in [5.74, 6) is -1.05. The lowest BCUT2D eigenvalue weighted by atomic mass is 10.2. The molecule has 0 radical (unpaired) electrons. The van der Waals surface area contributed by atoms with Crippen molar-refractivity contribution in [1.29, 1.82) is 0 Å². The van der Waals surface area contributed by atoms with E-state index in [2.05, 4.69) is 20.9 Å². The first kappa shape index (κ1) is 14.0. The Kier molecular flexibility index (Phi) is 3.60. The predicted octanol–water partition coefficient (Wildman–Crippen LogP) is 4.67. The van der Waals surface area contributed by atoms with E-state index in [9.17, 15) is 9.18 Å². The van der Waals surface area contributed by atoms with Crippen LogP contribution in [0.2, 0.25) is 0 Å². The molecule has 2 heterocycles. The topological polar surface area (TPSA) is 63.3 Å². The van der Waals surface area contributed by atoms with Gasteiger partial charge in [-0.3, -0.25) is 0 Å². The minimum absolute atomic E-state index is 0.0630. The van der Waals surface area contributed by atoms with E-state index in [4.69, 9.17) is 9.52 Å². The normalized spacial score (nSPS) is 10.8. The summed E-state index contributed by atoms with van der Waals surface area (Å²) in [6.45, 7) is 0. The fourth-order valence-corrected chi connectivity index (χ4v) is 3.04. The van der Waals surface area contributed by atoms with E-state index in [1.165, 1.54) is 29.5 Å². The maximum absolute atomic E-state index is 13.4. The van der Waals surface area contributed by atoms with Crippen LogP contribution in [0.25, 0.3) is 22.0 Å². The summed E-state index contributed by atoms with van der Waals surface area (Å²) in [4.78, 5) is 15.2. The molecule has 0 fully saturated rings. The number of halogens is 2. The summed E-state index contributed by atoms with van der Waals surface area (Å²) < 4.78 is 19.2. The average Bonchev–Trinajstić information content (AvgIpc) is 3.07. The monoisotopic (exact) mass is 367 g/mol. The van der Waals surface area contributed by atoms with Gasteiger partial charge in [-0.15, -0.1) is 11.3 Å². The maximum atomic E-state index is 13.4. The van der Waals surface area contributed by atoms with E-state index in [1.807, 2.05) is 0 Å². The number of carbonyl (C=O) groups is 1. The lowest BCUT2D eigenvalue weighted by Gasteiger charge is -1.98. The van der Waals surface area contributed by atoms with Gasteiger partial charge in [0.2, 0.25) is 0 Å². The zero-order valence-electron chi connectivity index (χ0n) is 10.3. The Morgan fingerprint density at radius 1 is 1.33 bits per heavy atom. The number of benzene rings is 1. The largest absolute Gasteiger partial charge is 0.478 e. The molecule has 0 amide bonds. The van der Waals surface area contributed by atoms with Gasteiger partial charge < -0.3 is 9.52 Å². The van der Waals surface area contributed by atoms with E-state index >= 15 is 0 Å². The zero-order chi connectivity index (χ0) is 15.0. The van der Waals surface area contributed by atoms with Gasteiger partial charge in [0.15, 0.2) is 5.76 Å². The van der Waals surface area contributed by atoms with Crippen molar-refractivity contribution in [2.24, 2.45) is 0 Å². The van der Waals surface area contributed by atoms with Crippen LogP contribution in [0.4, 0.5) is 4.39 Å². The predicted molar refractivity (Wildman–Crippen MR) is 79.9 cm³/mol. The van der Waals surface area contributed by atoms with Gasteiger partial charge in [-0.25, -0.2) is 14.2 Å². The standard InChI is InChI=1S/C14H7BrFNO3S/c15-9-1-7(2-10(16)4-9)13-17-11(6-21-13)12-3-8(5-20-12)14(18)19/h1-6H,(H,18,19). The third kappa shape index (κ3) is 2.88. The first-order valence-electron chi connectivity index (χ1n) is 5.77. The van der Waals surface area contributed by atoms with Gasteiger partial charge in [0.25, 0.3) is 0 Å². The molecule has 0 aliphatic rings. The Morgan fingerprint density at radius 2 is 2.14 bits per heavy atom. The maximum Gasteiger partial charge on any atom is 0.338 e. The first-order chi connectivity index (χ1) is 10.0. The molecule has 21 heavy (non-hydrogen) atoms. The molecule has 3 rings (SSSR count). The van der Waals surface area contributed by atoms with Gasteiger partial charge in [-0.05, 0) is 18.2 Å². The van der Waals surface area contributed by atoms with E-state index < -0.39 is 5.97 Å². The minimum Gasteiger partial charge on any atom is -0.478 e. The second-order valence-electron chi connectivity index (χ2n) is 4.20. The molecule has 0 bridgehead atoms. The molecule has 2 aromatic heterocycles. The number of aromatic carboxylic acids is 1. The fraction of sp³-hybridized carbons (Fsp3) is 0. The molecule has 0 aliphatic carbocycles. The van der Waals surface area contributed by atoms with Crippen LogP contribution in [-0.2, 0) is 0 Å².